The maximum atomic E-state index is 11.6. The summed E-state index contributed by atoms with van der Waals surface area (Å²) in [7, 11) is 1.31. The molecule has 0 aliphatic rings. The summed E-state index contributed by atoms with van der Waals surface area (Å²) in [5, 5.41) is 0. The molecule has 51 heavy (non-hydrogen) atoms. The molecule has 0 bridgehead atoms. The zero-order valence-corrected chi connectivity index (χ0v) is 31.5. The summed E-state index contributed by atoms with van der Waals surface area (Å²) < 4.78 is 79.9. The fourth-order valence-electron chi connectivity index (χ4n) is 3.40. The first-order valence-corrected chi connectivity index (χ1v) is 17.6. The van der Waals surface area contributed by atoms with Gasteiger partial charge in [0.15, 0.2) is 0 Å². The molecule has 0 aromatic carbocycles. The Morgan fingerprint density at radius 2 is 0.549 bits per heavy atom. The minimum atomic E-state index is -0.478. The molecule has 0 aromatic heterocycles. The van der Waals surface area contributed by atoms with Crippen molar-refractivity contribution in [2.45, 2.75) is 32.8 Å². The molecule has 17 heteroatoms. The largest absolute Gasteiger partial charge is 0.467 e. The molecule has 0 spiro atoms. The van der Waals surface area contributed by atoms with Crippen molar-refractivity contribution in [3.8, 4) is 0 Å². The van der Waals surface area contributed by atoms with E-state index in [1.165, 1.54) is 7.11 Å². The number of esters is 2. The van der Waals surface area contributed by atoms with Gasteiger partial charge in [-0.05, 0) is 20.8 Å². The van der Waals surface area contributed by atoms with Crippen molar-refractivity contribution in [3.05, 3.63) is 0 Å². The molecular formula is C34H66O17. The van der Waals surface area contributed by atoms with Crippen LogP contribution in [-0.4, -0.2) is 196 Å². The van der Waals surface area contributed by atoms with Gasteiger partial charge < -0.3 is 71.1 Å². The van der Waals surface area contributed by atoms with Gasteiger partial charge in [0.2, 0.25) is 0 Å². The Morgan fingerprint density at radius 3 is 0.765 bits per heavy atom. The molecule has 0 aromatic rings. The van der Waals surface area contributed by atoms with Gasteiger partial charge in [-0.3, -0.25) is 4.79 Å². The van der Waals surface area contributed by atoms with Crippen LogP contribution < -0.4 is 0 Å². The quantitative estimate of drug-likeness (QED) is 0.0643. The zero-order valence-electron chi connectivity index (χ0n) is 31.5. The third-order valence-corrected chi connectivity index (χ3v) is 5.78. The van der Waals surface area contributed by atoms with Crippen molar-refractivity contribution >= 4 is 11.9 Å². The van der Waals surface area contributed by atoms with E-state index in [-0.39, 0.29) is 19.0 Å². The maximum Gasteiger partial charge on any atom is 0.331 e. The van der Waals surface area contributed by atoms with Gasteiger partial charge in [0, 0.05) is 0 Å². The second-order valence-corrected chi connectivity index (χ2v) is 11.3. The van der Waals surface area contributed by atoms with E-state index in [9.17, 15) is 9.59 Å². The van der Waals surface area contributed by atoms with Crippen LogP contribution in [0, 0.1) is 0 Å². The SMILES string of the molecule is COC(=O)COCCOCCOCCOCCOCCOCCOCCOCCOCCOCCOCCOCCOCCC(=O)OC(C)(C)C. The van der Waals surface area contributed by atoms with Crippen molar-refractivity contribution in [1.82, 2.24) is 0 Å². The average molecular weight is 747 g/mol. The van der Waals surface area contributed by atoms with Gasteiger partial charge in [0.1, 0.15) is 12.2 Å². The lowest BCUT2D eigenvalue weighted by Gasteiger charge is -2.19. The Labute approximate surface area is 304 Å². The summed E-state index contributed by atoms with van der Waals surface area (Å²) in [4.78, 5) is 22.4. The normalized spacial score (nSPS) is 11.7. The number of carbonyl (C=O) groups is 2. The van der Waals surface area contributed by atoms with Gasteiger partial charge in [-0.15, -0.1) is 0 Å². The molecule has 0 aliphatic carbocycles. The summed E-state index contributed by atoms with van der Waals surface area (Å²) in [6.07, 6.45) is 0.227. The average Bonchev–Trinajstić information content (AvgIpc) is 3.09. The Morgan fingerprint density at radius 1 is 0.333 bits per heavy atom. The number of carbonyl (C=O) groups excluding carboxylic acids is 2. The van der Waals surface area contributed by atoms with E-state index >= 15 is 0 Å². The summed E-state index contributed by atoms with van der Waals surface area (Å²) in [6.45, 7) is 16.8. The van der Waals surface area contributed by atoms with Crippen LogP contribution >= 0.6 is 0 Å². The van der Waals surface area contributed by atoms with Gasteiger partial charge in [-0.2, -0.15) is 0 Å². The fraction of sp³-hybridized carbons (Fsp3) is 0.941. The number of methoxy groups -OCH3 is 1. The highest BCUT2D eigenvalue weighted by molar-refractivity contribution is 5.70. The standard InChI is InChI=1S/C34H66O17/c1-34(2,3)51-32(35)5-6-38-7-8-39-9-10-40-11-12-41-13-14-42-15-16-43-17-18-44-19-20-45-21-22-46-23-24-47-25-26-48-27-28-49-29-30-50-31-33(36)37-4/h5-31H2,1-4H3. The highest BCUT2D eigenvalue weighted by Gasteiger charge is 2.15. The van der Waals surface area contributed by atoms with Gasteiger partial charge in [0.25, 0.3) is 0 Å². The highest BCUT2D eigenvalue weighted by Crippen LogP contribution is 2.08. The number of hydrogen-bond acceptors (Lipinski definition) is 17. The Bertz CT molecular complexity index is 738. The van der Waals surface area contributed by atoms with Crippen LogP contribution in [0.1, 0.15) is 27.2 Å². The van der Waals surface area contributed by atoms with Gasteiger partial charge >= 0.3 is 11.9 Å². The van der Waals surface area contributed by atoms with E-state index in [1.807, 2.05) is 20.8 Å². The third kappa shape index (κ3) is 44.5. The van der Waals surface area contributed by atoms with Crippen LogP contribution in [0.4, 0.5) is 0 Å². The molecule has 0 fully saturated rings. The lowest BCUT2D eigenvalue weighted by molar-refractivity contribution is -0.156. The molecule has 0 saturated carbocycles. The Balaban J connectivity index is 3.10. The van der Waals surface area contributed by atoms with Gasteiger partial charge in [-0.1, -0.05) is 0 Å². The van der Waals surface area contributed by atoms with E-state index in [0.717, 1.165) is 0 Å². The van der Waals surface area contributed by atoms with Crippen molar-refractivity contribution in [1.29, 1.82) is 0 Å². The first-order valence-electron chi connectivity index (χ1n) is 17.6. The van der Waals surface area contributed by atoms with Crippen molar-refractivity contribution in [3.63, 3.8) is 0 Å². The lowest BCUT2D eigenvalue weighted by atomic mass is 10.2. The summed E-state index contributed by atoms with van der Waals surface area (Å²) in [5.41, 5.74) is -0.478. The third-order valence-electron chi connectivity index (χ3n) is 5.78. The molecule has 0 amide bonds. The predicted octanol–water partition coefficient (Wildman–Crippen LogP) is 1.11. The van der Waals surface area contributed by atoms with E-state index in [0.29, 0.717) is 165 Å². The first kappa shape index (κ1) is 49.4. The van der Waals surface area contributed by atoms with E-state index in [2.05, 4.69) is 4.74 Å². The van der Waals surface area contributed by atoms with Crippen molar-refractivity contribution in [2.75, 3.05) is 179 Å². The van der Waals surface area contributed by atoms with Crippen LogP contribution in [0.3, 0.4) is 0 Å². The molecule has 0 rings (SSSR count). The zero-order chi connectivity index (χ0) is 37.4. The second kappa shape index (κ2) is 39.6. The molecule has 17 nitrogen and oxygen atoms in total. The topological polar surface area (TPSA) is 173 Å². The van der Waals surface area contributed by atoms with E-state index in [4.69, 9.17) is 66.3 Å². The minimum Gasteiger partial charge on any atom is -0.467 e. The number of ether oxygens (including phenoxy) is 15. The van der Waals surface area contributed by atoms with Crippen LogP contribution in [0.15, 0.2) is 0 Å². The summed E-state index contributed by atoms with van der Waals surface area (Å²) in [6, 6.07) is 0. The molecular weight excluding hydrogens is 680 g/mol. The molecule has 304 valence electrons. The lowest BCUT2D eigenvalue weighted by Crippen LogP contribution is -2.24. The summed E-state index contributed by atoms with van der Waals surface area (Å²) in [5.74, 6) is -0.681. The van der Waals surface area contributed by atoms with Crippen molar-refractivity contribution in [2.24, 2.45) is 0 Å². The molecule has 0 atom stereocenters. The summed E-state index contributed by atoms with van der Waals surface area (Å²) >= 11 is 0. The molecule has 0 saturated heterocycles. The van der Waals surface area contributed by atoms with Crippen LogP contribution in [-0.2, 0) is 80.6 Å². The molecule has 0 radical (unpaired) electrons. The molecule has 0 unspecified atom stereocenters. The maximum absolute atomic E-state index is 11.6. The van der Waals surface area contributed by atoms with E-state index < -0.39 is 11.6 Å². The Kier molecular flexibility index (Phi) is 38.4. The molecule has 0 N–H and O–H groups in total. The van der Waals surface area contributed by atoms with Gasteiger partial charge in [0.05, 0.1) is 179 Å². The fourth-order valence-corrected chi connectivity index (χ4v) is 3.40. The monoisotopic (exact) mass is 746 g/mol. The van der Waals surface area contributed by atoms with Crippen molar-refractivity contribution < 1.29 is 80.6 Å². The molecule has 0 aliphatic heterocycles. The predicted molar refractivity (Wildman–Crippen MR) is 183 cm³/mol. The minimum absolute atomic E-state index is 0.0752. The smallest absolute Gasteiger partial charge is 0.331 e. The van der Waals surface area contributed by atoms with Crippen LogP contribution in [0.25, 0.3) is 0 Å². The second-order valence-electron chi connectivity index (χ2n) is 11.3. The van der Waals surface area contributed by atoms with Crippen LogP contribution in [0.5, 0.6) is 0 Å². The molecule has 0 heterocycles. The first-order chi connectivity index (χ1) is 24.8. The number of rotatable bonds is 41. The van der Waals surface area contributed by atoms with Crippen LogP contribution in [0.2, 0.25) is 0 Å². The van der Waals surface area contributed by atoms with Gasteiger partial charge in [-0.25, -0.2) is 4.79 Å². The highest BCUT2D eigenvalue weighted by atomic mass is 16.6. The Hall–Kier alpha value is -1.58. The number of hydrogen-bond donors (Lipinski definition) is 0. The van der Waals surface area contributed by atoms with E-state index in [1.54, 1.807) is 0 Å².